The molecule has 6 rings (SSSR count). The van der Waals surface area contributed by atoms with Crippen LogP contribution in [0, 0.1) is 6.92 Å². The summed E-state index contributed by atoms with van der Waals surface area (Å²) >= 11 is 0. The predicted molar refractivity (Wildman–Crippen MR) is 127 cm³/mol. The van der Waals surface area contributed by atoms with E-state index in [1.165, 1.54) is 24.3 Å². The Morgan fingerprint density at radius 1 is 0.943 bits per heavy atom. The predicted octanol–water partition coefficient (Wildman–Crippen LogP) is 5.08. The van der Waals surface area contributed by atoms with Gasteiger partial charge in [-0.1, -0.05) is 23.8 Å². The van der Waals surface area contributed by atoms with E-state index in [-0.39, 0.29) is 10.6 Å². The van der Waals surface area contributed by atoms with E-state index in [2.05, 4.69) is 0 Å². The van der Waals surface area contributed by atoms with Crippen molar-refractivity contribution in [3.05, 3.63) is 82.9 Å². The number of hydrogen-bond donors (Lipinski definition) is 0. The maximum Gasteiger partial charge on any atom is 0.339 e. The highest BCUT2D eigenvalue weighted by molar-refractivity contribution is 7.87. The second-order valence-corrected chi connectivity index (χ2v) is 11.0. The number of rotatable bonds is 3. The van der Waals surface area contributed by atoms with Crippen LogP contribution in [0.2, 0.25) is 0 Å². The van der Waals surface area contributed by atoms with Gasteiger partial charge in [-0.3, -0.25) is 4.79 Å². The molecular formula is C27H22O7S. The lowest BCUT2D eigenvalue weighted by molar-refractivity contribution is -0.139. The minimum Gasteiger partial charge on any atom is -0.484 e. The van der Waals surface area contributed by atoms with Crippen molar-refractivity contribution in [1.29, 1.82) is 0 Å². The number of benzene rings is 3. The largest absolute Gasteiger partial charge is 0.484 e. The van der Waals surface area contributed by atoms with E-state index in [0.717, 1.165) is 11.1 Å². The molecule has 8 heteroatoms. The van der Waals surface area contributed by atoms with Crippen molar-refractivity contribution < 1.29 is 31.6 Å². The summed E-state index contributed by atoms with van der Waals surface area (Å²) in [5.41, 5.74) is 2.53. The van der Waals surface area contributed by atoms with Gasteiger partial charge >= 0.3 is 16.1 Å². The molecule has 3 aromatic carbocycles. The van der Waals surface area contributed by atoms with Crippen molar-refractivity contribution in [2.24, 2.45) is 0 Å². The fraction of sp³-hybridized carbons (Fsp3) is 0.222. The fourth-order valence-electron chi connectivity index (χ4n) is 4.62. The normalized spacial score (nSPS) is 20.9. The molecule has 3 aliphatic heterocycles. The number of aryl methyl sites for hydroxylation is 1. The third kappa shape index (κ3) is 3.56. The van der Waals surface area contributed by atoms with Crippen LogP contribution in [-0.2, 0) is 14.9 Å². The second-order valence-electron chi connectivity index (χ2n) is 9.42. The smallest absolute Gasteiger partial charge is 0.339 e. The van der Waals surface area contributed by atoms with Gasteiger partial charge in [0.2, 0.25) is 0 Å². The van der Waals surface area contributed by atoms with Gasteiger partial charge in [-0.25, -0.2) is 0 Å². The minimum absolute atomic E-state index is 0.0546. The molecule has 3 aliphatic rings. The molecular weight excluding hydrogens is 468 g/mol. The number of carbonyl (C=O) groups excluding carboxylic acids is 1. The van der Waals surface area contributed by atoms with Crippen LogP contribution in [0.1, 0.15) is 48.1 Å². The van der Waals surface area contributed by atoms with Crippen LogP contribution in [0.5, 0.6) is 23.0 Å². The molecule has 0 radical (unpaired) electrons. The highest BCUT2D eigenvalue weighted by Gasteiger charge is 2.48. The zero-order chi connectivity index (χ0) is 24.5. The zero-order valence-corrected chi connectivity index (χ0v) is 20.1. The van der Waals surface area contributed by atoms with Gasteiger partial charge in [0.1, 0.15) is 45.5 Å². The zero-order valence-electron chi connectivity index (χ0n) is 19.3. The van der Waals surface area contributed by atoms with Gasteiger partial charge in [0, 0.05) is 17.2 Å². The summed E-state index contributed by atoms with van der Waals surface area (Å²) in [7, 11) is -4.02. The number of esters is 1. The van der Waals surface area contributed by atoms with Crippen LogP contribution in [-0.4, -0.2) is 20.0 Å². The summed E-state index contributed by atoms with van der Waals surface area (Å²) in [5.74, 6) is 0.437. The number of fused-ring (bicyclic) bond motifs is 7. The molecule has 0 fully saturated rings. The average molecular weight is 491 g/mol. The molecule has 0 saturated heterocycles. The van der Waals surface area contributed by atoms with E-state index in [1.807, 2.05) is 45.1 Å². The van der Waals surface area contributed by atoms with Gasteiger partial charge in [0.25, 0.3) is 0 Å². The molecule has 0 N–H and O–H groups in total. The molecule has 3 heterocycles. The van der Waals surface area contributed by atoms with Crippen LogP contribution in [0.3, 0.4) is 0 Å². The van der Waals surface area contributed by atoms with E-state index < -0.39 is 33.7 Å². The third-order valence-electron chi connectivity index (χ3n) is 6.37. The summed E-state index contributed by atoms with van der Waals surface area (Å²) in [5, 5.41) is 0. The first-order valence-corrected chi connectivity index (χ1v) is 12.6. The molecule has 3 aromatic rings. The molecule has 178 valence electrons. The second kappa shape index (κ2) is 7.36. The molecule has 35 heavy (non-hydrogen) atoms. The first-order valence-electron chi connectivity index (χ1n) is 11.2. The Morgan fingerprint density at radius 2 is 1.69 bits per heavy atom. The van der Waals surface area contributed by atoms with Crippen molar-refractivity contribution in [1.82, 2.24) is 0 Å². The lowest BCUT2D eigenvalue weighted by Gasteiger charge is -2.32. The highest BCUT2D eigenvalue weighted by atomic mass is 32.2. The van der Waals surface area contributed by atoms with Gasteiger partial charge in [-0.2, -0.15) is 8.42 Å². The van der Waals surface area contributed by atoms with Crippen LogP contribution < -0.4 is 18.4 Å². The van der Waals surface area contributed by atoms with E-state index in [0.29, 0.717) is 28.4 Å². The Kier molecular flexibility index (Phi) is 4.57. The van der Waals surface area contributed by atoms with E-state index in [9.17, 15) is 13.2 Å². The Bertz CT molecular complexity index is 1520. The SMILES string of the molecule is Cc1ccc(S(=O)(=O)Oc2ccc3c(c2)OC2c4ccc5c(c4OC(=O)C32)C=CC(C)(C)O5)cc1. The van der Waals surface area contributed by atoms with Gasteiger partial charge < -0.3 is 18.4 Å². The molecule has 0 aliphatic carbocycles. The van der Waals surface area contributed by atoms with Crippen LogP contribution in [0.4, 0.5) is 0 Å². The summed E-state index contributed by atoms with van der Waals surface area (Å²) in [6.07, 6.45) is 3.21. The quantitative estimate of drug-likeness (QED) is 0.287. The van der Waals surface area contributed by atoms with E-state index in [4.69, 9.17) is 18.4 Å². The summed E-state index contributed by atoms with van der Waals surface area (Å²) < 4.78 is 48.7. The summed E-state index contributed by atoms with van der Waals surface area (Å²) in [4.78, 5) is 13.1. The number of ether oxygens (including phenoxy) is 3. The van der Waals surface area contributed by atoms with Crippen molar-refractivity contribution >= 4 is 22.2 Å². The monoisotopic (exact) mass is 490 g/mol. The van der Waals surface area contributed by atoms with Crippen LogP contribution in [0.15, 0.2) is 65.6 Å². The molecule has 0 saturated carbocycles. The Labute approximate surface area is 203 Å². The maximum absolute atomic E-state index is 13.0. The van der Waals surface area contributed by atoms with Crippen LogP contribution in [0.25, 0.3) is 6.08 Å². The van der Waals surface area contributed by atoms with Gasteiger partial charge in [0.15, 0.2) is 0 Å². The summed E-state index contributed by atoms with van der Waals surface area (Å²) in [6.45, 7) is 5.77. The van der Waals surface area contributed by atoms with Gasteiger partial charge in [-0.05, 0) is 63.3 Å². The van der Waals surface area contributed by atoms with Crippen molar-refractivity contribution in [2.45, 2.75) is 43.3 Å². The van der Waals surface area contributed by atoms with Crippen molar-refractivity contribution in [2.75, 3.05) is 0 Å². The number of hydrogen-bond acceptors (Lipinski definition) is 7. The lowest BCUT2D eigenvalue weighted by atomic mass is 9.87. The fourth-order valence-corrected chi connectivity index (χ4v) is 5.54. The standard InChI is InChI=1S/C27H22O7S/c1-15-4-7-17(8-5-15)35(29,30)34-16-6-9-18-22(14-16)31-25-20-10-11-21-19(12-13-27(2,3)33-21)24(20)32-26(28)23(18)25/h4-14,23,25H,1-3H3. The maximum atomic E-state index is 13.0. The molecule has 0 bridgehead atoms. The average Bonchev–Trinajstić information content (AvgIpc) is 3.17. The van der Waals surface area contributed by atoms with Crippen LogP contribution >= 0.6 is 0 Å². The van der Waals surface area contributed by atoms with Crippen molar-refractivity contribution in [3.63, 3.8) is 0 Å². The molecule has 2 unspecified atom stereocenters. The Morgan fingerprint density at radius 3 is 2.46 bits per heavy atom. The van der Waals surface area contributed by atoms with Gasteiger partial charge in [0.05, 0.1) is 5.56 Å². The van der Waals surface area contributed by atoms with E-state index >= 15 is 0 Å². The lowest BCUT2D eigenvalue weighted by Crippen LogP contribution is -2.31. The molecule has 0 aromatic heterocycles. The number of carbonyl (C=O) groups is 1. The minimum atomic E-state index is -4.02. The first-order chi connectivity index (χ1) is 16.6. The molecule has 0 amide bonds. The first kappa shape index (κ1) is 21.7. The molecule has 0 spiro atoms. The Balaban J connectivity index is 1.33. The van der Waals surface area contributed by atoms with Crippen molar-refractivity contribution in [3.8, 4) is 23.0 Å². The Hall–Kier alpha value is -3.78. The van der Waals surface area contributed by atoms with Gasteiger partial charge in [-0.15, -0.1) is 0 Å². The highest BCUT2D eigenvalue weighted by Crippen LogP contribution is 2.54. The topological polar surface area (TPSA) is 88.1 Å². The summed E-state index contributed by atoms with van der Waals surface area (Å²) in [6, 6.07) is 14.8. The molecule has 2 atom stereocenters. The molecule has 7 nitrogen and oxygen atoms in total. The third-order valence-corrected chi connectivity index (χ3v) is 7.63. The van der Waals surface area contributed by atoms with E-state index in [1.54, 1.807) is 18.2 Å².